The molecular formula is C20H20FN3O. The van der Waals surface area contributed by atoms with Crippen molar-refractivity contribution in [1.82, 2.24) is 9.78 Å². The molecule has 25 heavy (non-hydrogen) atoms. The monoisotopic (exact) mass is 337 g/mol. The van der Waals surface area contributed by atoms with E-state index in [4.69, 9.17) is 0 Å². The van der Waals surface area contributed by atoms with Gasteiger partial charge in [0.25, 0.3) is 0 Å². The second-order valence-corrected chi connectivity index (χ2v) is 6.62. The molecule has 4 rings (SSSR count). The maximum Gasteiger partial charge on any atom is 0.226 e. The van der Waals surface area contributed by atoms with E-state index in [2.05, 4.69) is 28.6 Å². The van der Waals surface area contributed by atoms with Crippen LogP contribution in [0.3, 0.4) is 0 Å². The largest absolute Gasteiger partial charge is 0.311 e. The number of fused-ring (bicyclic) bond motifs is 1. The average molecular weight is 337 g/mol. The van der Waals surface area contributed by atoms with E-state index in [1.807, 2.05) is 11.6 Å². The fourth-order valence-corrected chi connectivity index (χ4v) is 3.67. The van der Waals surface area contributed by atoms with Gasteiger partial charge in [0.15, 0.2) is 0 Å². The first-order valence-electron chi connectivity index (χ1n) is 8.60. The quantitative estimate of drug-likeness (QED) is 0.917. The number of nitrogens with zero attached hydrogens (tertiary/aromatic N) is 2. The van der Waals surface area contributed by atoms with Crippen molar-refractivity contribution in [2.24, 2.45) is 0 Å². The Kier molecular flexibility index (Phi) is 3.99. The lowest BCUT2D eigenvalue weighted by atomic mass is 9.86. The third kappa shape index (κ3) is 3.02. The van der Waals surface area contributed by atoms with Gasteiger partial charge in [-0.2, -0.15) is 5.10 Å². The lowest BCUT2D eigenvalue weighted by Crippen LogP contribution is -2.25. The molecule has 5 heteroatoms. The Morgan fingerprint density at radius 3 is 2.80 bits per heavy atom. The fraction of sp³-hybridized carbons (Fsp3) is 0.300. The summed E-state index contributed by atoms with van der Waals surface area (Å²) >= 11 is 0. The molecule has 1 aliphatic carbocycles. The van der Waals surface area contributed by atoms with E-state index in [0.717, 1.165) is 35.5 Å². The predicted octanol–water partition coefficient (Wildman–Crippen LogP) is 4.08. The first-order chi connectivity index (χ1) is 12.1. The molecule has 0 saturated heterocycles. The van der Waals surface area contributed by atoms with Gasteiger partial charge in [-0.15, -0.1) is 0 Å². The highest BCUT2D eigenvalue weighted by Crippen LogP contribution is 2.39. The summed E-state index contributed by atoms with van der Waals surface area (Å²) in [5.41, 5.74) is 4.09. The Bertz CT molecular complexity index is 877. The Labute approximate surface area is 146 Å². The Morgan fingerprint density at radius 1 is 1.28 bits per heavy atom. The first kappa shape index (κ1) is 15.8. The van der Waals surface area contributed by atoms with E-state index in [0.29, 0.717) is 13.0 Å². The zero-order valence-electron chi connectivity index (χ0n) is 14.1. The van der Waals surface area contributed by atoms with Gasteiger partial charge in [0.2, 0.25) is 5.91 Å². The van der Waals surface area contributed by atoms with E-state index in [1.165, 1.54) is 17.7 Å². The van der Waals surface area contributed by atoms with E-state index >= 15 is 0 Å². The van der Waals surface area contributed by atoms with Crippen LogP contribution in [-0.2, 0) is 11.3 Å². The summed E-state index contributed by atoms with van der Waals surface area (Å²) in [7, 11) is 0. The molecule has 0 fully saturated rings. The van der Waals surface area contributed by atoms with Crippen LogP contribution in [0.4, 0.5) is 10.2 Å². The minimum atomic E-state index is -0.271. The number of hydrogen-bond acceptors (Lipinski definition) is 2. The molecule has 0 saturated carbocycles. The molecule has 2 aliphatic rings. The van der Waals surface area contributed by atoms with Crippen LogP contribution in [0, 0.1) is 12.7 Å². The molecule has 4 nitrogen and oxygen atoms in total. The molecule has 0 bridgehead atoms. The fourth-order valence-electron chi connectivity index (χ4n) is 3.67. The molecule has 0 unspecified atom stereocenters. The van der Waals surface area contributed by atoms with Crippen molar-refractivity contribution in [2.45, 2.75) is 38.6 Å². The molecule has 2 aromatic rings. The minimum Gasteiger partial charge on any atom is -0.311 e. The van der Waals surface area contributed by atoms with Gasteiger partial charge in [0.05, 0.1) is 12.2 Å². The second kappa shape index (κ2) is 6.31. The molecule has 128 valence electrons. The highest BCUT2D eigenvalue weighted by atomic mass is 19.1. The van der Waals surface area contributed by atoms with Gasteiger partial charge < -0.3 is 5.32 Å². The zero-order valence-corrected chi connectivity index (χ0v) is 14.1. The summed E-state index contributed by atoms with van der Waals surface area (Å²) in [4.78, 5) is 12.3. The zero-order chi connectivity index (χ0) is 17.4. The van der Waals surface area contributed by atoms with Crippen LogP contribution in [0.25, 0.3) is 0 Å². The molecule has 1 aromatic carbocycles. The van der Waals surface area contributed by atoms with Crippen LogP contribution in [0.1, 0.15) is 42.0 Å². The Morgan fingerprint density at radius 2 is 2.08 bits per heavy atom. The number of benzene rings is 1. The standard InChI is InChI=1S/C20H20FN3O/c1-13-19-17(15-7-9-16(21)10-8-15)11-18(25)22-20(19)24(23-13)12-14-5-3-2-4-6-14/h3,5-10,17H,2,4,11-12H2,1H3,(H,22,25)/t17-/m0/s1. The number of aryl methyl sites for hydroxylation is 1. The van der Waals surface area contributed by atoms with Crippen molar-refractivity contribution in [3.8, 4) is 0 Å². The number of rotatable bonds is 3. The van der Waals surface area contributed by atoms with E-state index in [-0.39, 0.29) is 17.6 Å². The summed E-state index contributed by atoms with van der Waals surface area (Å²) in [6, 6.07) is 6.40. The Balaban J connectivity index is 1.74. The van der Waals surface area contributed by atoms with E-state index < -0.39 is 0 Å². The number of carbonyl (C=O) groups is 1. The number of allylic oxidation sites excluding steroid dienone is 4. The minimum absolute atomic E-state index is 0.0314. The van der Waals surface area contributed by atoms with Crippen LogP contribution in [-0.4, -0.2) is 15.7 Å². The summed E-state index contributed by atoms with van der Waals surface area (Å²) in [6.45, 7) is 2.61. The van der Waals surface area contributed by atoms with Crippen molar-refractivity contribution in [2.75, 3.05) is 5.32 Å². The average Bonchev–Trinajstić information content (AvgIpc) is 2.91. The SMILES string of the molecule is Cc1nn(CC2=CCCC=C2)c2c1[C@H](c1ccc(F)cc1)CC(=O)N2. The topological polar surface area (TPSA) is 46.9 Å². The van der Waals surface area contributed by atoms with Crippen molar-refractivity contribution < 1.29 is 9.18 Å². The number of nitrogens with one attached hydrogen (secondary N) is 1. The molecule has 1 atom stereocenters. The molecule has 1 aromatic heterocycles. The van der Waals surface area contributed by atoms with Gasteiger partial charge in [-0.25, -0.2) is 9.07 Å². The number of aromatic nitrogens is 2. The van der Waals surface area contributed by atoms with Crippen molar-refractivity contribution in [3.05, 3.63) is 70.7 Å². The first-order valence-corrected chi connectivity index (χ1v) is 8.60. The summed E-state index contributed by atoms with van der Waals surface area (Å²) in [6.07, 6.45) is 8.97. The summed E-state index contributed by atoms with van der Waals surface area (Å²) in [5.74, 6) is 0.376. The van der Waals surface area contributed by atoms with Gasteiger partial charge in [0.1, 0.15) is 11.6 Å². The van der Waals surface area contributed by atoms with Crippen LogP contribution < -0.4 is 5.32 Å². The highest BCUT2D eigenvalue weighted by Gasteiger charge is 2.32. The number of halogens is 1. The highest BCUT2D eigenvalue weighted by molar-refractivity contribution is 5.94. The summed E-state index contributed by atoms with van der Waals surface area (Å²) < 4.78 is 15.1. The maximum absolute atomic E-state index is 13.3. The molecule has 0 radical (unpaired) electrons. The molecule has 1 N–H and O–H groups in total. The van der Waals surface area contributed by atoms with Crippen LogP contribution in [0.2, 0.25) is 0 Å². The molecule has 1 aliphatic heterocycles. The van der Waals surface area contributed by atoms with Gasteiger partial charge in [-0.3, -0.25) is 4.79 Å². The number of amides is 1. The lowest BCUT2D eigenvalue weighted by molar-refractivity contribution is -0.116. The van der Waals surface area contributed by atoms with Crippen LogP contribution in [0.15, 0.2) is 48.1 Å². The third-order valence-corrected chi connectivity index (χ3v) is 4.85. The van der Waals surface area contributed by atoms with Gasteiger partial charge >= 0.3 is 0 Å². The number of anilines is 1. The van der Waals surface area contributed by atoms with Crippen LogP contribution >= 0.6 is 0 Å². The van der Waals surface area contributed by atoms with E-state index in [9.17, 15) is 9.18 Å². The van der Waals surface area contributed by atoms with Gasteiger partial charge in [0, 0.05) is 17.9 Å². The number of hydrogen-bond donors (Lipinski definition) is 1. The maximum atomic E-state index is 13.3. The molecule has 2 heterocycles. The smallest absolute Gasteiger partial charge is 0.226 e. The van der Waals surface area contributed by atoms with Crippen molar-refractivity contribution in [1.29, 1.82) is 0 Å². The molecular weight excluding hydrogens is 317 g/mol. The van der Waals surface area contributed by atoms with Crippen molar-refractivity contribution >= 4 is 11.7 Å². The second-order valence-electron chi connectivity index (χ2n) is 6.62. The van der Waals surface area contributed by atoms with Crippen molar-refractivity contribution in [3.63, 3.8) is 0 Å². The normalized spacial score (nSPS) is 19.4. The van der Waals surface area contributed by atoms with Gasteiger partial charge in [-0.05, 0) is 43.0 Å². The third-order valence-electron chi connectivity index (χ3n) is 4.85. The predicted molar refractivity (Wildman–Crippen MR) is 94.9 cm³/mol. The lowest BCUT2D eigenvalue weighted by Gasteiger charge is -2.24. The number of carbonyl (C=O) groups excluding carboxylic acids is 1. The van der Waals surface area contributed by atoms with Gasteiger partial charge in [-0.1, -0.05) is 30.4 Å². The molecule has 0 spiro atoms. The van der Waals surface area contributed by atoms with E-state index in [1.54, 1.807) is 12.1 Å². The van der Waals surface area contributed by atoms with Crippen LogP contribution in [0.5, 0.6) is 0 Å². The summed E-state index contributed by atoms with van der Waals surface area (Å²) in [5, 5.41) is 7.65. The Hall–Kier alpha value is -2.69. The molecule has 1 amide bonds.